The Morgan fingerprint density at radius 2 is 2.53 bits per heavy atom. The van der Waals surface area contributed by atoms with Gasteiger partial charge in [-0.05, 0) is 37.8 Å². The second-order valence-corrected chi connectivity index (χ2v) is 4.18. The molecular weight excluding hydrogens is 216 g/mol. The maximum Gasteiger partial charge on any atom is 0.319 e. The quantitative estimate of drug-likeness (QED) is 0.804. The van der Waals surface area contributed by atoms with E-state index in [0.29, 0.717) is 6.61 Å². The second-order valence-electron chi connectivity index (χ2n) is 4.18. The number of pyridine rings is 1. The van der Waals surface area contributed by atoms with Crippen LogP contribution < -0.4 is 5.32 Å². The van der Waals surface area contributed by atoms with E-state index in [4.69, 9.17) is 4.74 Å². The largest absolute Gasteiger partial charge is 0.465 e. The van der Waals surface area contributed by atoms with Crippen LogP contribution >= 0.6 is 0 Å². The lowest BCUT2D eigenvalue weighted by atomic mass is 9.92. The average molecular weight is 234 g/mol. The summed E-state index contributed by atoms with van der Waals surface area (Å²) in [5.41, 5.74) is 2.38. The number of nitrogens with zero attached hydrogens (tertiary/aromatic N) is 1. The Morgan fingerprint density at radius 3 is 3.35 bits per heavy atom. The first-order chi connectivity index (χ1) is 8.31. The van der Waals surface area contributed by atoms with Crippen molar-refractivity contribution in [1.29, 1.82) is 0 Å². The van der Waals surface area contributed by atoms with Crippen molar-refractivity contribution in [1.82, 2.24) is 10.3 Å². The third-order valence-electron chi connectivity index (χ3n) is 2.99. The fourth-order valence-corrected chi connectivity index (χ4v) is 2.23. The Kier molecular flexibility index (Phi) is 4.09. The van der Waals surface area contributed by atoms with E-state index in [0.717, 1.165) is 25.0 Å². The number of aromatic nitrogens is 1. The van der Waals surface area contributed by atoms with Crippen LogP contribution in [0, 0.1) is 0 Å². The third kappa shape index (κ3) is 3.03. The normalized spacial score (nSPS) is 18.5. The molecule has 1 atom stereocenters. The molecule has 0 aliphatic heterocycles. The Hall–Kier alpha value is -1.42. The lowest BCUT2D eigenvalue weighted by Gasteiger charge is -2.24. The van der Waals surface area contributed by atoms with Gasteiger partial charge in [-0.2, -0.15) is 0 Å². The van der Waals surface area contributed by atoms with Gasteiger partial charge in [-0.25, -0.2) is 0 Å². The van der Waals surface area contributed by atoms with Crippen LogP contribution in [0.4, 0.5) is 0 Å². The summed E-state index contributed by atoms with van der Waals surface area (Å²) >= 11 is 0. The summed E-state index contributed by atoms with van der Waals surface area (Å²) in [4.78, 5) is 15.7. The number of aryl methyl sites for hydroxylation is 1. The number of carbonyl (C=O) groups is 1. The van der Waals surface area contributed by atoms with Crippen molar-refractivity contribution in [3.05, 3.63) is 29.6 Å². The molecule has 1 aliphatic carbocycles. The minimum absolute atomic E-state index is 0.185. The van der Waals surface area contributed by atoms with Crippen molar-refractivity contribution in [2.24, 2.45) is 0 Å². The number of hydrogen-bond donors (Lipinski definition) is 1. The first-order valence-electron chi connectivity index (χ1n) is 6.14. The van der Waals surface area contributed by atoms with Crippen LogP contribution in [0.25, 0.3) is 0 Å². The van der Waals surface area contributed by atoms with E-state index in [-0.39, 0.29) is 18.6 Å². The van der Waals surface area contributed by atoms with Crippen molar-refractivity contribution < 1.29 is 9.53 Å². The molecule has 0 spiro atoms. The molecule has 1 unspecified atom stereocenters. The SMILES string of the molecule is CCOC(=O)CNC1CCCc2cccnc21. The minimum atomic E-state index is -0.199. The Morgan fingerprint density at radius 1 is 1.65 bits per heavy atom. The highest BCUT2D eigenvalue weighted by atomic mass is 16.5. The minimum Gasteiger partial charge on any atom is -0.465 e. The zero-order valence-electron chi connectivity index (χ0n) is 10.1. The number of rotatable bonds is 4. The van der Waals surface area contributed by atoms with Gasteiger partial charge in [-0.1, -0.05) is 6.07 Å². The monoisotopic (exact) mass is 234 g/mol. The van der Waals surface area contributed by atoms with Crippen molar-refractivity contribution in [3.63, 3.8) is 0 Å². The maximum atomic E-state index is 11.3. The molecular formula is C13H18N2O2. The van der Waals surface area contributed by atoms with Crippen LogP contribution in [0.1, 0.15) is 37.1 Å². The molecule has 4 heteroatoms. The van der Waals surface area contributed by atoms with Crippen LogP contribution in [0.5, 0.6) is 0 Å². The van der Waals surface area contributed by atoms with E-state index in [9.17, 15) is 4.79 Å². The zero-order valence-corrected chi connectivity index (χ0v) is 10.1. The number of carbonyl (C=O) groups excluding carboxylic acids is 1. The van der Waals surface area contributed by atoms with Crippen LogP contribution in [0.3, 0.4) is 0 Å². The summed E-state index contributed by atoms with van der Waals surface area (Å²) < 4.78 is 4.90. The highest BCUT2D eigenvalue weighted by Gasteiger charge is 2.21. The van der Waals surface area contributed by atoms with E-state index in [1.54, 1.807) is 0 Å². The molecule has 0 fully saturated rings. The van der Waals surface area contributed by atoms with Crippen LogP contribution in [0.2, 0.25) is 0 Å². The molecule has 0 saturated heterocycles. The standard InChI is InChI=1S/C13H18N2O2/c1-2-17-12(16)9-15-11-7-3-5-10-6-4-8-14-13(10)11/h4,6,8,11,15H,2-3,5,7,9H2,1H3. The molecule has 0 radical (unpaired) electrons. The van der Waals surface area contributed by atoms with Gasteiger partial charge in [0.05, 0.1) is 24.9 Å². The van der Waals surface area contributed by atoms with Crippen molar-refractivity contribution >= 4 is 5.97 Å². The van der Waals surface area contributed by atoms with Crippen LogP contribution in [0.15, 0.2) is 18.3 Å². The fraction of sp³-hybridized carbons (Fsp3) is 0.538. The molecule has 1 heterocycles. The molecule has 1 N–H and O–H groups in total. The number of ether oxygens (including phenoxy) is 1. The average Bonchev–Trinajstić information content (AvgIpc) is 2.36. The lowest BCUT2D eigenvalue weighted by Crippen LogP contribution is -2.31. The number of fused-ring (bicyclic) bond motifs is 1. The van der Waals surface area contributed by atoms with E-state index in [2.05, 4.69) is 16.4 Å². The van der Waals surface area contributed by atoms with E-state index in [1.165, 1.54) is 5.56 Å². The highest BCUT2D eigenvalue weighted by Crippen LogP contribution is 2.27. The second kappa shape index (κ2) is 5.77. The Balaban J connectivity index is 1.97. The van der Waals surface area contributed by atoms with Gasteiger partial charge in [-0.15, -0.1) is 0 Å². The molecule has 92 valence electrons. The summed E-state index contributed by atoms with van der Waals surface area (Å²) in [6, 6.07) is 4.26. The topological polar surface area (TPSA) is 51.2 Å². The molecule has 1 aliphatic rings. The van der Waals surface area contributed by atoms with Crippen LogP contribution in [-0.4, -0.2) is 24.1 Å². The maximum absolute atomic E-state index is 11.3. The van der Waals surface area contributed by atoms with Gasteiger partial charge < -0.3 is 4.74 Å². The van der Waals surface area contributed by atoms with Crippen LogP contribution in [-0.2, 0) is 16.0 Å². The fourth-order valence-electron chi connectivity index (χ4n) is 2.23. The van der Waals surface area contributed by atoms with Gasteiger partial charge in [0, 0.05) is 6.20 Å². The highest BCUT2D eigenvalue weighted by molar-refractivity contribution is 5.71. The number of esters is 1. The lowest BCUT2D eigenvalue weighted by molar-refractivity contribution is -0.142. The predicted octanol–water partition coefficient (Wildman–Crippen LogP) is 1.61. The zero-order chi connectivity index (χ0) is 12.1. The smallest absolute Gasteiger partial charge is 0.319 e. The molecule has 4 nitrogen and oxygen atoms in total. The predicted molar refractivity (Wildman–Crippen MR) is 64.6 cm³/mol. The molecule has 0 amide bonds. The summed E-state index contributed by atoms with van der Waals surface area (Å²) in [6.45, 7) is 2.50. The molecule has 0 aromatic carbocycles. The summed E-state index contributed by atoms with van der Waals surface area (Å²) in [7, 11) is 0. The number of hydrogen-bond acceptors (Lipinski definition) is 4. The van der Waals surface area contributed by atoms with Gasteiger partial charge in [0.15, 0.2) is 0 Å². The van der Waals surface area contributed by atoms with Gasteiger partial charge in [0.2, 0.25) is 0 Å². The third-order valence-corrected chi connectivity index (χ3v) is 2.99. The van der Waals surface area contributed by atoms with Crippen molar-refractivity contribution in [2.75, 3.05) is 13.2 Å². The van der Waals surface area contributed by atoms with Crippen molar-refractivity contribution in [2.45, 2.75) is 32.2 Å². The van der Waals surface area contributed by atoms with Gasteiger partial charge in [0.25, 0.3) is 0 Å². The summed E-state index contributed by atoms with van der Waals surface area (Å²) in [5, 5.41) is 3.23. The van der Waals surface area contributed by atoms with Gasteiger partial charge in [-0.3, -0.25) is 15.1 Å². The molecule has 0 saturated carbocycles. The van der Waals surface area contributed by atoms with E-state index < -0.39 is 0 Å². The van der Waals surface area contributed by atoms with Crippen molar-refractivity contribution in [3.8, 4) is 0 Å². The molecule has 1 aromatic rings. The first-order valence-corrected chi connectivity index (χ1v) is 6.14. The Labute approximate surface area is 101 Å². The summed E-state index contributed by atoms with van der Waals surface area (Å²) in [5.74, 6) is -0.199. The van der Waals surface area contributed by atoms with Gasteiger partial charge in [0.1, 0.15) is 0 Å². The Bertz CT molecular complexity index is 393. The molecule has 0 bridgehead atoms. The first kappa shape index (κ1) is 12.0. The van der Waals surface area contributed by atoms with Gasteiger partial charge >= 0.3 is 5.97 Å². The molecule has 2 rings (SSSR count). The number of nitrogens with one attached hydrogen (secondary N) is 1. The summed E-state index contributed by atoms with van der Waals surface area (Å²) in [6.07, 6.45) is 5.06. The van der Waals surface area contributed by atoms with E-state index in [1.807, 2.05) is 19.2 Å². The molecule has 17 heavy (non-hydrogen) atoms. The van der Waals surface area contributed by atoms with E-state index >= 15 is 0 Å². The molecule has 1 aromatic heterocycles.